The van der Waals surface area contributed by atoms with Gasteiger partial charge in [-0.2, -0.15) is 4.98 Å². The molecule has 0 spiro atoms. The quantitative estimate of drug-likeness (QED) is 0.524. The molecule has 4 rings (SSSR count). The summed E-state index contributed by atoms with van der Waals surface area (Å²) in [7, 11) is 3.05. The molecule has 1 fully saturated rings. The van der Waals surface area contributed by atoms with Gasteiger partial charge in [-0.05, 0) is 24.1 Å². The van der Waals surface area contributed by atoms with Gasteiger partial charge in [-0.1, -0.05) is 19.1 Å². The molecular weight excluding hydrogens is 412 g/mol. The number of ether oxygens (including phenoxy) is 1. The molecule has 32 heavy (non-hydrogen) atoms. The van der Waals surface area contributed by atoms with Crippen LogP contribution in [0, 0.1) is 0 Å². The van der Waals surface area contributed by atoms with Crippen molar-refractivity contribution in [2.24, 2.45) is 14.1 Å². The van der Waals surface area contributed by atoms with Gasteiger partial charge in [0, 0.05) is 40.3 Å². The smallest absolute Gasteiger partial charge is 0.332 e. The number of fused-ring (bicyclic) bond motifs is 1. The second-order valence-electron chi connectivity index (χ2n) is 8.10. The Hall–Kier alpha value is -3.11. The van der Waals surface area contributed by atoms with Crippen LogP contribution in [-0.4, -0.2) is 62.7 Å². The van der Waals surface area contributed by atoms with E-state index in [1.165, 1.54) is 11.6 Å². The summed E-state index contributed by atoms with van der Waals surface area (Å²) >= 11 is 0. The number of anilines is 1. The van der Waals surface area contributed by atoms with Crippen LogP contribution in [0.2, 0.25) is 0 Å². The van der Waals surface area contributed by atoms with Gasteiger partial charge < -0.3 is 24.6 Å². The topological polar surface area (TPSA) is 107 Å². The number of hydrogen-bond acceptors (Lipinski definition) is 7. The van der Waals surface area contributed by atoms with Crippen molar-refractivity contribution in [3.63, 3.8) is 0 Å². The Balaban J connectivity index is 1.67. The predicted octanol–water partition coefficient (Wildman–Crippen LogP) is -0.154. The molecule has 3 heterocycles. The second kappa shape index (κ2) is 9.17. The molecule has 1 atom stereocenters. The van der Waals surface area contributed by atoms with E-state index >= 15 is 0 Å². The van der Waals surface area contributed by atoms with Gasteiger partial charge in [-0.25, -0.2) is 4.79 Å². The predicted molar refractivity (Wildman–Crippen MR) is 123 cm³/mol. The Bertz CT molecular complexity index is 1220. The van der Waals surface area contributed by atoms with Gasteiger partial charge in [0.2, 0.25) is 5.95 Å². The van der Waals surface area contributed by atoms with E-state index in [-0.39, 0.29) is 13.2 Å². The third-order valence-corrected chi connectivity index (χ3v) is 5.87. The molecule has 0 radical (unpaired) electrons. The molecule has 1 saturated heterocycles. The normalized spacial score (nSPS) is 15.3. The lowest BCUT2D eigenvalue weighted by molar-refractivity contribution is 0.0935. The summed E-state index contributed by atoms with van der Waals surface area (Å²) in [5.74, 6) is 1.27. The monoisotopic (exact) mass is 442 g/mol. The van der Waals surface area contributed by atoms with Crippen molar-refractivity contribution in [2.45, 2.75) is 26.0 Å². The highest BCUT2D eigenvalue weighted by Crippen LogP contribution is 2.21. The fourth-order valence-electron chi connectivity index (χ4n) is 4.03. The molecular formula is C22H30N6O4. The van der Waals surface area contributed by atoms with Crippen LogP contribution >= 0.6 is 0 Å². The lowest BCUT2D eigenvalue weighted by atomic mass is 10.2. The van der Waals surface area contributed by atoms with Gasteiger partial charge in [0.05, 0.1) is 6.54 Å². The molecule has 10 nitrogen and oxygen atoms in total. The Morgan fingerprint density at radius 2 is 1.94 bits per heavy atom. The van der Waals surface area contributed by atoms with Crippen molar-refractivity contribution in [3.8, 4) is 5.75 Å². The molecule has 0 saturated carbocycles. The van der Waals surface area contributed by atoms with Gasteiger partial charge in [0.1, 0.15) is 18.5 Å². The molecule has 1 aliphatic heterocycles. The first-order chi connectivity index (χ1) is 15.4. The largest absolute Gasteiger partial charge is 0.491 e. The average molecular weight is 443 g/mol. The minimum Gasteiger partial charge on any atom is -0.491 e. The van der Waals surface area contributed by atoms with Crippen molar-refractivity contribution in [2.75, 3.05) is 37.7 Å². The number of hydrogen-bond donors (Lipinski definition) is 2. The second-order valence-corrected chi connectivity index (χ2v) is 8.10. The molecule has 10 heteroatoms. The number of aryl methyl sites for hydroxylation is 2. The third-order valence-electron chi connectivity index (χ3n) is 5.87. The maximum Gasteiger partial charge on any atom is 0.332 e. The first-order valence-electron chi connectivity index (χ1n) is 10.9. The molecule has 0 amide bonds. The zero-order valence-electron chi connectivity index (χ0n) is 18.7. The number of aliphatic hydroxyl groups excluding tert-OH is 1. The van der Waals surface area contributed by atoms with Crippen molar-refractivity contribution < 1.29 is 9.84 Å². The molecule has 0 bridgehead atoms. The maximum absolute atomic E-state index is 13.0. The van der Waals surface area contributed by atoms with E-state index in [9.17, 15) is 14.7 Å². The minimum absolute atomic E-state index is 0.0694. The van der Waals surface area contributed by atoms with Gasteiger partial charge in [0.25, 0.3) is 5.56 Å². The maximum atomic E-state index is 13.0. The standard InChI is InChI=1S/C22H30N6O4/c1-4-15-6-5-7-17(12-15)32-14-16(29)13-28-18-19(25(2)22(31)26(3)20(18)30)24-21(28)27-10-8-23-9-11-27/h5-7,12,16,23,29H,4,8-11,13-14H2,1-3H3/t16-/m1/s1. The molecule has 1 aromatic carbocycles. The van der Waals surface area contributed by atoms with Crippen LogP contribution in [0.3, 0.4) is 0 Å². The lowest BCUT2D eigenvalue weighted by Gasteiger charge is -2.29. The molecule has 1 aliphatic rings. The van der Waals surface area contributed by atoms with E-state index in [0.29, 0.717) is 36.0 Å². The van der Waals surface area contributed by atoms with Crippen LogP contribution < -0.4 is 26.2 Å². The SMILES string of the molecule is CCc1cccc(OC[C@H](O)Cn2c(N3CCNCC3)nc3c2c(=O)n(C)c(=O)n3C)c1. The summed E-state index contributed by atoms with van der Waals surface area (Å²) in [6.45, 7) is 5.28. The molecule has 0 unspecified atom stereocenters. The molecule has 172 valence electrons. The van der Waals surface area contributed by atoms with Crippen molar-refractivity contribution in [1.29, 1.82) is 0 Å². The number of nitrogens with zero attached hydrogens (tertiary/aromatic N) is 5. The Labute approximate surface area is 185 Å². The summed E-state index contributed by atoms with van der Waals surface area (Å²) in [5.41, 5.74) is 0.910. The Morgan fingerprint density at radius 3 is 2.66 bits per heavy atom. The highest BCUT2D eigenvalue weighted by molar-refractivity contribution is 5.74. The van der Waals surface area contributed by atoms with Crippen molar-refractivity contribution in [1.82, 2.24) is 24.0 Å². The zero-order chi connectivity index (χ0) is 22.8. The number of rotatable bonds is 7. The highest BCUT2D eigenvalue weighted by Gasteiger charge is 2.25. The molecule has 0 aliphatic carbocycles. The van der Waals surface area contributed by atoms with Crippen LogP contribution in [0.1, 0.15) is 12.5 Å². The summed E-state index contributed by atoms with van der Waals surface area (Å²) in [6, 6.07) is 7.77. The van der Waals surface area contributed by atoms with Crippen LogP contribution in [-0.2, 0) is 27.1 Å². The molecule has 3 aromatic rings. The lowest BCUT2D eigenvalue weighted by Crippen LogP contribution is -2.45. The zero-order valence-corrected chi connectivity index (χ0v) is 18.7. The number of imidazole rings is 1. The number of aromatic nitrogens is 4. The van der Waals surface area contributed by atoms with Crippen LogP contribution in [0.5, 0.6) is 5.75 Å². The van der Waals surface area contributed by atoms with Gasteiger partial charge in [0.15, 0.2) is 11.2 Å². The van der Waals surface area contributed by atoms with E-state index in [1.807, 2.05) is 24.3 Å². The van der Waals surface area contributed by atoms with E-state index in [4.69, 9.17) is 4.74 Å². The Kier molecular flexibility index (Phi) is 6.33. The fraction of sp³-hybridized carbons (Fsp3) is 0.500. The number of benzene rings is 1. The molecule has 2 aromatic heterocycles. The summed E-state index contributed by atoms with van der Waals surface area (Å²) in [5, 5.41) is 14.1. The van der Waals surface area contributed by atoms with E-state index in [2.05, 4.69) is 22.1 Å². The number of aliphatic hydroxyl groups is 1. The minimum atomic E-state index is -0.874. The van der Waals surface area contributed by atoms with E-state index in [1.54, 1.807) is 11.6 Å². The molecule has 2 N–H and O–H groups in total. The summed E-state index contributed by atoms with van der Waals surface area (Å²) in [6.07, 6.45) is 0.0258. The van der Waals surface area contributed by atoms with Gasteiger partial charge in [-0.3, -0.25) is 13.9 Å². The van der Waals surface area contributed by atoms with Crippen LogP contribution in [0.15, 0.2) is 33.9 Å². The highest BCUT2D eigenvalue weighted by atomic mass is 16.5. The summed E-state index contributed by atoms with van der Waals surface area (Å²) < 4.78 is 9.97. The Morgan fingerprint density at radius 1 is 1.19 bits per heavy atom. The van der Waals surface area contributed by atoms with E-state index in [0.717, 1.165) is 29.6 Å². The number of nitrogens with one attached hydrogen (secondary N) is 1. The summed E-state index contributed by atoms with van der Waals surface area (Å²) in [4.78, 5) is 32.1. The van der Waals surface area contributed by atoms with Crippen LogP contribution in [0.25, 0.3) is 11.2 Å². The van der Waals surface area contributed by atoms with Crippen molar-refractivity contribution >= 4 is 17.1 Å². The first kappa shape index (κ1) is 22.1. The van der Waals surface area contributed by atoms with Crippen molar-refractivity contribution in [3.05, 3.63) is 50.7 Å². The average Bonchev–Trinajstić information content (AvgIpc) is 3.20. The number of piperazine rings is 1. The van der Waals surface area contributed by atoms with Gasteiger partial charge >= 0.3 is 5.69 Å². The third kappa shape index (κ3) is 4.15. The van der Waals surface area contributed by atoms with Crippen LogP contribution in [0.4, 0.5) is 5.95 Å². The fourth-order valence-corrected chi connectivity index (χ4v) is 4.03. The van der Waals surface area contributed by atoms with Gasteiger partial charge in [-0.15, -0.1) is 0 Å². The first-order valence-corrected chi connectivity index (χ1v) is 10.9. The van der Waals surface area contributed by atoms with E-state index < -0.39 is 17.4 Å².